The monoisotopic (exact) mass is 293 g/mol. The zero-order chi connectivity index (χ0) is 14.3. The Morgan fingerprint density at radius 1 is 1.30 bits per heavy atom. The molecule has 1 fully saturated rings. The molecule has 1 aromatic carbocycles. The molecule has 0 bridgehead atoms. The summed E-state index contributed by atoms with van der Waals surface area (Å²) in [7, 11) is 2.09. The molecule has 3 unspecified atom stereocenters. The van der Waals surface area contributed by atoms with E-state index in [1.54, 1.807) is 0 Å². The lowest BCUT2D eigenvalue weighted by atomic mass is 9.74. The van der Waals surface area contributed by atoms with Crippen LogP contribution < -0.4 is 4.90 Å². The van der Waals surface area contributed by atoms with E-state index >= 15 is 0 Å². The van der Waals surface area contributed by atoms with Crippen molar-refractivity contribution in [3.63, 3.8) is 0 Å². The first-order valence-electron chi connectivity index (χ1n) is 7.34. The first kappa shape index (κ1) is 13.7. The highest BCUT2D eigenvalue weighted by atomic mass is 35.5. The van der Waals surface area contributed by atoms with Gasteiger partial charge in [0.1, 0.15) is 0 Å². The topological polar surface area (TPSA) is 40.5 Å². The lowest BCUT2D eigenvalue weighted by Gasteiger charge is -2.44. The van der Waals surface area contributed by atoms with Crippen LogP contribution in [0.25, 0.3) is 0 Å². The molecule has 0 aromatic heterocycles. The van der Waals surface area contributed by atoms with Crippen LogP contribution in [0.1, 0.15) is 43.6 Å². The standard InChI is InChI=1S/C16H20ClNO2/c1-18-13-6-4-2-3-5-11(13)15(16(19)20)12-9-10(17)7-8-14(12)18/h7-9,11,13,15H,2-6H2,1H3,(H,19,20). The number of carboxylic acid groups (broad SMARTS) is 1. The van der Waals surface area contributed by atoms with Crippen molar-refractivity contribution in [1.82, 2.24) is 0 Å². The van der Waals surface area contributed by atoms with E-state index in [0.29, 0.717) is 11.1 Å². The predicted molar refractivity (Wildman–Crippen MR) is 80.6 cm³/mol. The van der Waals surface area contributed by atoms with E-state index < -0.39 is 11.9 Å². The molecule has 3 nitrogen and oxygen atoms in total. The molecule has 1 aliphatic carbocycles. The van der Waals surface area contributed by atoms with Crippen LogP contribution in [0.15, 0.2) is 18.2 Å². The van der Waals surface area contributed by atoms with Crippen LogP contribution >= 0.6 is 11.6 Å². The Kier molecular flexibility index (Phi) is 3.63. The van der Waals surface area contributed by atoms with Crippen molar-refractivity contribution in [3.8, 4) is 0 Å². The zero-order valence-corrected chi connectivity index (χ0v) is 12.4. The molecule has 1 aromatic rings. The van der Waals surface area contributed by atoms with Crippen LogP contribution in [-0.4, -0.2) is 24.2 Å². The highest BCUT2D eigenvalue weighted by Crippen LogP contribution is 2.47. The smallest absolute Gasteiger partial charge is 0.311 e. The molecular weight excluding hydrogens is 274 g/mol. The van der Waals surface area contributed by atoms with Gasteiger partial charge in [-0.15, -0.1) is 0 Å². The van der Waals surface area contributed by atoms with Crippen molar-refractivity contribution in [3.05, 3.63) is 28.8 Å². The number of nitrogens with zero attached hydrogens (tertiary/aromatic N) is 1. The summed E-state index contributed by atoms with van der Waals surface area (Å²) >= 11 is 6.09. The quantitative estimate of drug-likeness (QED) is 0.853. The number of hydrogen-bond donors (Lipinski definition) is 1. The molecule has 20 heavy (non-hydrogen) atoms. The van der Waals surface area contributed by atoms with E-state index in [2.05, 4.69) is 11.9 Å². The van der Waals surface area contributed by atoms with Crippen molar-refractivity contribution in [2.45, 2.75) is 44.1 Å². The number of fused-ring (bicyclic) bond motifs is 2. The Hall–Kier alpha value is -1.22. The average Bonchev–Trinajstić information content (AvgIpc) is 2.64. The number of rotatable bonds is 1. The number of carboxylic acids is 1. The third kappa shape index (κ3) is 2.18. The molecule has 0 spiro atoms. The average molecular weight is 294 g/mol. The second-order valence-electron chi connectivity index (χ2n) is 6.00. The van der Waals surface area contributed by atoms with Crippen LogP contribution in [0.5, 0.6) is 0 Å². The minimum atomic E-state index is -0.710. The second-order valence-corrected chi connectivity index (χ2v) is 6.44. The minimum Gasteiger partial charge on any atom is -0.481 e. The van der Waals surface area contributed by atoms with Crippen LogP contribution in [0.4, 0.5) is 5.69 Å². The van der Waals surface area contributed by atoms with Crippen molar-refractivity contribution in [1.29, 1.82) is 0 Å². The Labute approximate surface area is 124 Å². The summed E-state index contributed by atoms with van der Waals surface area (Å²) in [5.74, 6) is -0.924. The van der Waals surface area contributed by atoms with E-state index in [-0.39, 0.29) is 5.92 Å². The lowest BCUT2D eigenvalue weighted by molar-refractivity contribution is -0.140. The summed E-state index contributed by atoms with van der Waals surface area (Å²) in [6.07, 6.45) is 5.63. The lowest BCUT2D eigenvalue weighted by Crippen LogP contribution is -2.46. The molecule has 3 rings (SSSR count). The van der Waals surface area contributed by atoms with Crippen LogP contribution in [0.3, 0.4) is 0 Å². The van der Waals surface area contributed by atoms with Crippen molar-refractivity contribution >= 4 is 23.3 Å². The Morgan fingerprint density at radius 3 is 2.80 bits per heavy atom. The fourth-order valence-corrected chi connectivity index (χ4v) is 4.19. The molecule has 1 saturated carbocycles. The van der Waals surface area contributed by atoms with E-state index in [9.17, 15) is 9.90 Å². The maximum atomic E-state index is 11.8. The summed E-state index contributed by atoms with van der Waals surface area (Å²) in [4.78, 5) is 14.1. The fourth-order valence-electron chi connectivity index (χ4n) is 4.01. The number of benzene rings is 1. The Balaban J connectivity index is 2.12. The van der Waals surface area contributed by atoms with E-state index in [0.717, 1.165) is 30.5 Å². The number of carbonyl (C=O) groups is 1. The van der Waals surface area contributed by atoms with Gasteiger partial charge in [0.2, 0.25) is 0 Å². The molecule has 1 N–H and O–H groups in total. The van der Waals surface area contributed by atoms with Gasteiger partial charge in [0.15, 0.2) is 0 Å². The highest BCUT2D eigenvalue weighted by molar-refractivity contribution is 6.30. The Morgan fingerprint density at radius 2 is 2.05 bits per heavy atom. The first-order chi connectivity index (χ1) is 9.59. The zero-order valence-electron chi connectivity index (χ0n) is 11.7. The van der Waals surface area contributed by atoms with Gasteiger partial charge in [-0.1, -0.05) is 30.9 Å². The van der Waals surface area contributed by atoms with Gasteiger partial charge in [-0.25, -0.2) is 0 Å². The summed E-state index contributed by atoms with van der Waals surface area (Å²) in [6.45, 7) is 0. The van der Waals surface area contributed by atoms with Crippen LogP contribution in [-0.2, 0) is 4.79 Å². The normalized spacial score (nSPS) is 29.3. The van der Waals surface area contributed by atoms with E-state index in [1.165, 1.54) is 12.8 Å². The van der Waals surface area contributed by atoms with Crippen molar-refractivity contribution in [2.75, 3.05) is 11.9 Å². The number of halogens is 1. The van der Waals surface area contributed by atoms with Gasteiger partial charge < -0.3 is 10.0 Å². The molecule has 1 heterocycles. The maximum Gasteiger partial charge on any atom is 0.311 e. The van der Waals surface area contributed by atoms with Gasteiger partial charge in [-0.2, -0.15) is 0 Å². The highest BCUT2D eigenvalue weighted by Gasteiger charge is 2.43. The molecule has 0 radical (unpaired) electrons. The third-order valence-electron chi connectivity index (χ3n) is 4.93. The van der Waals surface area contributed by atoms with Gasteiger partial charge in [0, 0.05) is 23.8 Å². The molecule has 2 aliphatic rings. The van der Waals surface area contributed by atoms with Gasteiger partial charge in [0.05, 0.1) is 5.92 Å². The number of aliphatic carboxylic acids is 1. The largest absolute Gasteiger partial charge is 0.481 e. The van der Waals surface area contributed by atoms with Crippen LogP contribution in [0.2, 0.25) is 5.02 Å². The van der Waals surface area contributed by atoms with E-state index in [4.69, 9.17) is 11.6 Å². The van der Waals surface area contributed by atoms with E-state index in [1.807, 2.05) is 18.2 Å². The minimum absolute atomic E-state index is 0.200. The Bertz CT molecular complexity index is 531. The summed E-state index contributed by atoms with van der Waals surface area (Å²) < 4.78 is 0. The maximum absolute atomic E-state index is 11.8. The van der Waals surface area contributed by atoms with Crippen molar-refractivity contribution < 1.29 is 9.90 Å². The first-order valence-corrected chi connectivity index (χ1v) is 7.72. The SMILES string of the molecule is CN1c2ccc(Cl)cc2C(C(=O)O)C2CCCCCC21. The van der Waals surface area contributed by atoms with Gasteiger partial charge in [-0.3, -0.25) is 4.79 Å². The molecule has 3 atom stereocenters. The summed E-state index contributed by atoms with van der Waals surface area (Å²) in [5, 5.41) is 10.4. The molecule has 0 amide bonds. The molecular formula is C16H20ClNO2. The summed E-state index contributed by atoms with van der Waals surface area (Å²) in [6, 6.07) is 6.00. The predicted octanol–water partition coefficient (Wildman–Crippen LogP) is 3.91. The molecule has 1 aliphatic heterocycles. The summed E-state index contributed by atoms with van der Waals surface area (Å²) in [5.41, 5.74) is 1.92. The fraction of sp³-hybridized carbons (Fsp3) is 0.562. The third-order valence-corrected chi connectivity index (χ3v) is 5.16. The molecule has 0 saturated heterocycles. The second kappa shape index (κ2) is 5.28. The van der Waals surface area contributed by atoms with Gasteiger partial charge in [-0.05, 0) is 42.5 Å². The van der Waals surface area contributed by atoms with Crippen LogP contribution in [0, 0.1) is 5.92 Å². The van der Waals surface area contributed by atoms with Gasteiger partial charge >= 0.3 is 5.97 Å². The van der Waals surface area contributed by atoms with Gasteiger partial charge in [0.25, 0.3) is 0 Å². The van der Waals surface area contributed by atoms with Crippen molar-refractivity contribution in [2.24, 2.45) is 5.92 Å². The number of anilines is 1. The molecule has 108 valence electrons. The molecule has 4 heteroatoms. The number of hydrogen-bond acceptors (Lipinski definition) is 2.